The van der Waals surface area contributed by atoms with Gasteiger partial charge in [0.1, 0.15) is 17.4 Å². The Morgan fingerprint density at radius 2 is 1.83 bits per heavy atom. The van der Waals surface area contributed by atoms with E-state index in [2.05, 4.69) is 0 Å². The van der Waals surface area contributed by atoms with Crippen molar-refractivity contribution in [1.82, 2.24) is 4.57 Å². The number of nitriles is 1. The average molecular weight is 347 g/mol. The molecule has 0 aliphatic carbocycles. The largest absolute Gasteiger partial charge is 0.303 e. The summed E-state index contributed by atoms with van der Waals surface area (Å²) in [7, 11) is 0. The van der Waals surface area contributed by atoms with Crippen LogP contribution in [0.3, 0.4) is 0 Å². The molecule has 0 saturated carbocycles. The summed E-state index contributed by atoms with van der Waals surface area (Å²) in [5.41, 5.74) is 0.670. The van der Waals surface area contributed by atoms with Crippen molar-refractivity contribution in [3.63, 3.8) is 0 Å². The summed E-state index contributed by atoms with van der Waals surface area (Å²) in [6.45, 7) is 0.198. The fraction of sp³-hybridized carbons (Fsp3) is 0.0588. The summed E-state index contributed by atoms with van der Waals surface area (Å²) in [4.78, 5) is 12.5. The molecule has 0 aliphatic heterocycles. The number of benzene rings is 2. The smallest absolute Gasteiger partial charge is 0.270 e. The van der Waals surface area contributed by atoms with Gasteiger partial charge in [-0.15, -0.1) is 0 Å². The SMILES string of the molecule is N#Cc1c(Cl)c2cc(Cl)ccc2n(Cc2ccc(F)cc2)c1=O. The Balaban J connectivity index is 2.29. The second-order valence-electron chi connectivity index (χ2n) is 4.98. The molecule has 0 unspecified atom stereocenters. The van der Waals surface area contributed by atoms with Gasteiger partial charge in [-0.3, -0.25) is 4.79 Å². The van der Waals surface area contributed by atoms with Crippen LogP contribution in [0.4, 0.5) is 4.39 Å². The summed E-state index contributed by atoms with van der Waals surface area (Å²) in [6, 6.07) is 12.6. The maximum atomic E-state index is 13.0. The van der Waals surface area contributed by atoms with E-state index in [4.69, 9.17) is 23.2 Å². The van der Waals surface area contributed by atoms with Gasteiger partial charge >= 0.3 is 0 Å². The van der Waals surface area contributed by atoms with Crippen LogP contribution in [0.15, 0.2) is 47.3 Å². The summed E-state index contributed by atoms with van der Waals surface area (Å²) in [5.74, 6) is -0.355. The normalized spacial score (nSPS) is 10.7. The maximum Gasteiger partial charge on any atom is 0.270 e. The first-order valence-corrected chi connectivity index (χ1v) is 7.43. The minimum absolute atomic E-state index is 0.0883. The molecule has 0 atom stereocenters. The zero-order valence-electron chi connectivity index (χ0n) is 11.7. The molecule has 1 heterocycles. The Morgan fingerprint density at radius 3 is 2.48 bits per heavy atom. The van der Waals surface area contributed by atoms with Crippen LogP contribution in [0.1, 0.15) is 11.1 Å². The third-order valence-electron chi connectivity index (χ3n) is 3.53. The molecule has 0 bridgehead atoms. The Bertz CT molecular complexity index is 1000. The summed E-state index contributed by atoms with van der Waals surface area (Å²) >= 11 is 12.2. The van der Waals surface area contributed by atoms with Crippen molar-refractivity contribution in [3.05, 3.63) is 79.8 Å². The average Bonchev–Trinajstić information content (AvgIpc) is 2.54. The zero-order chi connectivity index (χ0) is 16.6. The zero-order valence-corrected chi connectivity index (χ0v) is 13.2. The Morgan fingerprint density at radius 1 is 1.13 bits per heavy atom. The standard InChI is InChI=1S/C17H9Cl2FN2O/c18-11-3-6-15-13(7-11)16(19)14(8-21)17(23)22(15)9-10-1-4-12(20)5-2-10/h1-7H,9H2. The van der Waals surface area contributed by atoms with E-state index < -0.39 is 5.56 Å². The second-order valence-corrected chi connectivity index (χ2v) is 5.79. The van der Waals surface area contributed by atoms with Crippen LogP contribution < -0.4 is 5.56 Å². The molecule has 114 valence electrons. The molecule has 0 fully saturated rings. The lowest BCUT2D eigenvalue weighted by atomic mass is 10.1. The van der Waals surface area contributed by atoms with E-state index in [9.17, 15) is 14.4 Å². The molecule has 0 N–H and O–H groups in total. The van der Waals surface area contributed by atoms with Crippen LogP contribution in [0, 0.1) is 17.1 Å². The van der Waals surface area contributed by atoms with Crippen molar-refractivity contribution in [2.24, 2.45) is 0 Å². The molecular formula is C17H9Cl2FN2O. The van der Waals surface area contributed by atoms with E-state index in [1.807, 2.05) is 6.07 Å². The van der Waals surface area contributed by atoms with Crippen molar-refractivity contribution >= 4 is 34.1 Å². The molecule has 0 radical (unpaired) electrons. The van der Waals surface area contributed by atoms with Gasteiger partial charge in [0.25, 0.3) is 5.56 Å². The van der Waals surface area contributed by atoms with Crippen molar-refractivity contribution in [2.45, 2.75) is 6.54 Å². The monoisotopic (exact) mass is 346 g/mol. The third kappa shape index (κ3) is 2.81. The number of fused-ring (bicyclic) bond motifs is 1. The fourth-order valence-corrected chi connectivity index (χ4v) is 2.87. The molecular weight excluding hydrogens is 338 g/mol. The number of nitrogens with zero attached hydrogens (tertiary/aromatic N) is 2. The number of halogens is 3. The maximum absolute atomic E-state index is 13.0. The van der Waals surface area contributed by atoms with Gasteiger partial charge in [0.15, 0.2) is 0 Å². The number of hydrogen-bond donors (Lipinski definition) is 0. The minimum Gasteiger partial charge on any atom is -0.303 e. The van der Waals surface area contributed by atoms with Gasteiger partial charge in [-0.1, -0.05) is 35.3 Å². The highest BCUT2D eigenvalue weighted by Gasteiger charge is 2.16. The second kappa shape index (κ2) is 6.04. The summed E-state index contributed by atoms with van der Waals surface area (Å²) in [6.07, 6.45) is 0. The van der Waals surface area contributed by atoms with Crippen molar-refractivity contribution in [3.8, 4) is 6.07 Å². The third-order valence-corrected chi connectivity index (χ3v) is 4.16. The van der Waals surface area contributed by atoms with Gasteiger partial charge in [-0.05, 0) is 35.9 Å². The van der Waals surface area contributed by atoms with Gasteiger partial charge in [0.05, 0.1) is 17.1 Å². The number of rotatable bonds is 2. The molecule has 0 saturated heterocycles. The Labute approximate surface area is 141 Å². The molecule has 3 rings (SSSR count). The highest BCUT2D eigenvalue weighted by atomic mass is 35.5. The van der Waals surface area contributed by atoms with Crippen molar-refractivity contribution in [1.29, 1.82) is 5.26 Å². The number of hydrogen-bond acceptors (Lipinski definition) is 2. The predicted octanol–water partition coefficient (Wildman–Crippen LogP) is 4.37. The van der Waals surface area contributed by atoms with E-state index >= 15 is 0 Å². The van der Waals surface area contributed by atoms with Crippen LogP contribution in [-0.4, -0.2) is 4.57 Å². The molecule has 23 heavy (non-hydrogen) atoms. The first-order chi connectivity index (χ1) is 11.0. The van der Waals surface area contributed by atoms with Crippen molar-refractivity contribution < 1.29 is 4.39 Å². The van der Waals surface area contributed by atoms with E-state index in [0.717, 1.165) is 5.56 Å². The van der Waals surface area contributed by atoms with E-state index in [1.54, 1.807) is 30.3 Å². The fourth-order valence-electron chi connectivity index (χ4n) is 2.42. The highest BCUT2D eigenvalue weighted by molar-refractivity contribution is 6.37. The molecule has 3 nitrogen and oxygen atoms in total. The van der Waals surface area contributed by atoms with Crippen LogP contribution in [-0.2, 0) is 6.54 Å². The predicted molar refractivity (Wildman–Crippen MR) is 88.4 cm³/mol. The van der Waals surface area contributed by atoms with Crippen LogP contribution in [0.2, 0.25) is 10.0 Å². The number of aromatic nitrogens is 1. The number of pyridine rings is 1. The van der Waals surface area contributed by atoms with Gasteiger partial charge in [-0.2, -0.15) is 5.26 Å². The molecule has 0 spiro atoms. The van der Waals surface area contributed by atoms with Gasteiger partial charge in [0, 0.05) is 10.4 Å². The van der Waals surface area contributed by atoms with Crippen LogP contribution >= 0.6 is 23.2 Å². The molecule has 3 aromatic rings. The minimum atomic E-state index is -0.489. The van der Waals surface area contributed by atoms with Crippen LogP contribution in [0.25, 0.3) is 10.9 Å². The molecule has 0 amide bonds. The lowest BCUT2D eigenvalue weighted by Gasteiger charge is -2.13. The lowest BCUT2D eigenvalue weighted by Crippen LogP contribution is -2.24. The van der Waals surface area contributed by atoms with E-state index in [0.29, 0.717) is 15.9 Å². The Kier molecular flexibility index (Phi) is 4.08. The summed E-state index contributed by atoms with van der Waals surface area (Å²) in [5, 5.41) is 10.3. The highest BCUT2D eigenvalue weighted by Crippen LogP contribution is 2.27. The van der Waals surface area contributed by atoms with E-state index in [1.165, 1.54) is 16.7 Å². The van der Waals surface area contributed by atoms with Gasteiger partial charge in [-0.25, -0.2) is 4.39 Å². The topological polar surface area (TPSA) is 45.8 Å². The van der Waals surface area contributed by atoms with Crippen molar-refractivity contribution in [2.75, 3.05) is 0 Å². The van der Waals surface area contributed by atoms with Gasteiger partial charge in [0.2, 0.25) is 0 Å². The van der Waals surface area contributed by atoms with Gasteiger partial charge < -0.3 is 4.57 Å². The van der Waals surface area contributed by atoms with E-state index in [-0.39, 0.29) is 22.9 Å². The molecule has 1 aromatic heterocycles. The Hall–Kier alpha value is -2.35. The molecule has 2 aromatic carbocycles. The summed E-state index contributed by atoms with van der Waals surface area (Å²) < 4.78 is 14.5. The lowest BCUT2D eigenvalue weighted by molar-refractivity contribution is 0.626. The quantitative estimate of drug-likeness (QED) is 0.691. The molecule has 6 heteroatoms. The molecule has 0 aliphatic rings. The van der Waals surface area contributed by atoms with Crippen LogP contribution in [0.5, 0.6) is 0 Å². The first kappa shape index (κ1) is 15.5. The first-order valence-electron chi connectivity index (χ1n) is 6.67.